The highest BCUT2D eigenvalue weighted by Gasteiger charge is 2.37. The third-order valence-electron chi connectivity index (χ3n) is 5.62. The Hall–Kier alpha value is -3.84. The van der Waals surface area contributed by atoms with Gasteiger partial charge in [-0.3, -0.25) is 19.5 Å². The van der Waals surface area contributed by atoms with Crippen LogP contribution in [-0.4, -0.2) is 33.8 Å². The Morgan fingerprint density at radius 1 is 1.06 bits per heavy atom. The number of hydrogen-bond donors (Lipinski definition) is 0. The van der Waals surface area contributed by atoms with Crippen molar-refractivity contribution < 1.29 is 14.3 Å². The quantitative estimate of drug-likeness (QED) is 0.384. The Balaban J connectivity index is 1.53. The van der Waals surface area contributed by atoms with Crippen molar-refractivity contribution in [3.8, 4) is 27.7 Å². The van der Waals surface area contributed by atoms with Crippen LogP contribution in [0.5, 0.6) is 5.75 Å². The molecule has 0 fully saturated rings. The second kappa shape index (κ2) is 8.60. The summed E-state index contributed by atoms with van der Waals surface area (Å²) in [6, 6.07) is 19.7. The molecular formula is C26H21N3O3S. The molecule has 0 radical (unpaired) electrons. The number of anilines is 1. The molecule has 4 aromatic rings. The highest BCUT2D eigenvalue weighted by atomic mass is 32.1. The van der Waals surface area contributed by atoms with Gasteiger partial charge in [0.25, 0.3) is 5.91 Å². The molecule has 0 aliphatic carbocycles. The van der Waals surface area contributed by atoms with Gasteiger partial charge in [0.05, 0.1) is 23.1 Å². The summed E-state index contributed by atoms with van der Waals surface area (Å²) in [5.41, 5.74) is 3.55. The first-order chi connectivity index (χ1) is 16.0. The molecule has 2 aromatic carbocycles. The first-order valence-corrected chi connectivity index (χ1v) is 11.5. The average molecular weight is 456 g/mol. The molecule has 0 saturated carbocycles. The Morgan fingerprint density at radius 2 is 1.85 bits per heavy atom. The van der Waals surface area contributed by atoms with Crippen LogP contribution in [0, 0.1) is 0 Å². The van der Waals surface area contributed by atoms with E-state index in [4.69, 9.17) is 9.72 Å². The molecule has 0 spiro atoms. The largest absolute Gasteiger partial charge is 0.479 e. The lowest BCUT2D eigenvalue weighted by Crippen LogP contribution is -2.51. The number of hydrogen-bond acceptors (Lipinski definition) is 6. The van der Waals surface area contributed by atoms with Crippen molar-refractivity contribution in [2.75, 3.05) is 4.90 Å². The fraction of sp³-hybridized carbons (Fsp3) is 0.154. The number of Topliss-reactive ketones (excluding diaryl/α,β-unsaturated/α-hetero) is 1. The fourth-order valence-electron chi connectivity index (χ4n) is 3.89. The number of rotatable bonds is 5. The predicted octanol–water partition coefficient (Wildman–Crippen LogP) is 5.26. The van der Waals surface area contributed by atoms with Crippen LogP contribution in [0.15, 0.2) is 78.3 Å². The van der Waals surface area contributed by atoms with Crippen LogP contribution >= 0.6 is 11.3 Å². The van der Waals surface area contributed by atoms with Gasteiger partial charge in [-0.25, -0.2) is 4.98 Å². The third-order valence-corrected chi connectivity index (χ3v) is 6.48. The lowest BCUT2D eigenvalue weighted by Gasteiger charge is -2.36. The van der Waals surface area contributed by atoms with Crippen molar-refractivity contribution in [1.29, 1.82) is 0 Å². The Bertz CT molecular complexity index is 1320. The second-order valence-corrected chi connectivity index (χ2v) is 8.67. The minimum absolute atomic E-state index is 0.125. The molecule has 0 bridgehead atoms. The van der Waals surface area contributed by atoms with Crippen LogP contribution in [-0.2, 0) is 4.79 Å². The lowest BCUT2D eigenvalue weighted by molar-refractivity contribution is -0.125. The van der Waals surface area contributed by atoms with E-state index < -0.39 is 12.1 Å². The van der Waals surface area contributed by atoms with Crippen molar-refractivity contribution >= 4 is 28.7 Å². The molecule has 7 heteroatoms. The number of fused-ring (bicyclic) bond motifs is 1. The van der Waals surface area contributed by atoms with Crippen molar-refractivity contribution in [2.45, 2.75) is 26.0 Å². The topological polar surface area (TPSA) is 72.4 Å². The first kappa shape index (κ1) is 21.0. The monoisotopic (exact) mass is 455 g/mol. The van der Waals surface area contributed by atoms with Gasteiger partial charge in [-0.15, -0.1) is 11.3 Å². The predicted molar refractivity (Wildman–Crippen MR) is 129 cm³/mol. The van der Waals surface area contributed by atoms with Crippen molar-refractivity contribution in [2.24, 2.45) is 0 Å². The lowest BCUT2D eigenvalue weighted by atomic mass is 10.0. The molecule has 2 aromatic heterocycles. The van der Waals surface area contributed by atoms with Crippen LogP contribution in [0.1, 0.15) is 24.2 Å². The SMILES string of the molecule is CC1Oc2ccc(-c3csc(-c4ccccn4)n3)cc2N(C(C)C(=O)c2ccccc2)C1=O. The molecule has 6 nitrogen and oxygen atoms in total. The maximum Gasteiger partial charge on any atom is 0.268 e. The van der Waals surface area contributed by atoms with E-state index in [2.05, 4.69) is 4.98 Å². The number of carbonyl (C=O) groups excluding carboxylic acids is 2. The minimum Gasteiger partial charge on any atom is -0.479 e. The van der Waals surface area contributed by atoms with Crippen molar-refractivity contribution in [3.05, 3.63) is 83.9 Å². The molecule has 1 aliphatic heterocycles. The number of benzene rings is 2. The Morgan fingerprint density at radius 3 is 2.61 bits per heavy atom. The van der Waals surface area contributed by atoms with Gasteiger partial charge < -0.3 is 4.74 Å². The van der Waals surface area contributed by atoms with Gasteiger partial charge in [0.1, 0.15) is 10.8 Å². The van der Waals surface area contributed by atoms with E-state index in [1.165, 1.54) is 11.3 Å². The van der Waals surface area contributed by atoms with Crippen LogP contribution in [0.4, 0.5) is 5.69 Å². The molecule has 33 heavy (non-hydrogen) atoms. The Labute approximate surface area is 195 Å². The summed E-state index contributed by atoms with van der Waals surface area (Å²) in [6.45, 7) is 3.45. The fourth-order valence-corrected chi connectivity index (χ4v) is 4.70. The molecular weight excluding hydrogens is 434 g/mol. The number of carbonyl (C=O) groups is 2. The van der Waals surface area contributed by atoms with Gasteiger partial charge in [-0.2, -0.15) is 0 Å². The molecule has 5 rings (SSSR count). The molecule has 2 atom stereocenters. The first-order valence-electron chi connectivity index (χ1n) is 10.6. The molecule has 3 heterocycles. The van der Waals surface area contributed by atoms with Crippen LogP contribution in [0.3, 0.4) is 0 Å². The zero-order chi connectivity index (χ0) is 22.9. The van der Waals surface area contributed by atoms with E-state index in [9.17, 15) is 9.59 Å². The number of aromatic nitrogens is 2. The maximum atomic E-state index is 13.2. The summed E-state index contributed by atoms with van der Waals surface area (Å²) in [7, 11) is 0. The zero-order valence-corrected chi connectivity index (χ0v) is 19.0. The van der Waals surface area contributed by atoms with E-state index in [0.29, 0.717) is 17.0 Å². The normalized spacial score (nSPS) is 16.1. The smallest absolute Gasteiger partial charge is 0.268 e. The minimum atomic E-state index is -0.681. The van der Waals surface area contributed by atoms with Crippen LogP contribution in [0.25, 0.3) is 22.0 Å². The van der Waals surface area contributed by atoms with E-state index in [1.807, 2.05) is 60.0 Å². The molecule has 2 unspecified atom stereocenters. The number of ketones is 1. The van der Waals surface area contributed by atoms with E-state index >= 15 is 0 Å². The molecule has 1 aliphatic rings. The number of pyridine rings is 1. The number of ether oxygens (including phenoxy) is 1. The molecule has 164 valence electrons. The maximum absolute atomic E-state index is 13.2. The van der Waals surface area contributed by atoms with Crippen molar-refractivity contribution in [3.63, 3.8) is 0 Å². The number of nitrogens with zero attached hydrogens (tertiary/aromatic N) is 3. The number of thiazole rings is 1. The standard InChI is InChI=1S/C26H21N3O3S/c1-16(24(30)18-8-4-3-5-9-18)29-22-14-19(11-12-23(22)32-17(2)26(29)31)21-15-33-25(28-21)20-10-6-7-13-27-20/h3-17H,1-2H3. The van der Waals surface area contributed by atoms with Gasteiger partial charge in [0, 0.05) is 22.7 Å². The van der Waals surface area contributed by atoms with Gasteiger partial charge >= 0.3 is 0 Å². The summed E-state index contributed by atoms with van der Waals surface area (Å²) in [5, 5.41) is 2.77. The summed E-state index contributed by atoms with van der Waals surface area (Å²) in [6.07, 6.45) is 1.06. The third kappa shape index (κ3) is 3.91. The van der Waals surface area contributed by atoms with E-state index in [0.717, 1.165) is 22.0 Å². The average Bonchev–Trinajstić information content (AvgIpc) is 3.35. The number of amides is 1. The summed E-state index contributed by atoms with van der Waals surface area (Å²) >= 11 is 1.51. The molecule has 1 amide bonds. The van der Waals surface area contributed by atoms with E-state index in [1.54, 1.807) is 37.1 Å². The summed E-state index contributed by atoms with van der Waals surface area (Å²) in [5.74, 6) is 0.197. The van der Waals surface area contributed by atoms with Crippen LogP contribution < -0.4 is 9.64 Å². The van der Waals surface area contributed by atoms with Crippen molar-refractivity contribution in [1.82, 2.24) is 9.97 Å². The molecule has 0 saturated heterocycles. The van der Waals surface area contributed by atoms with Gasteiger partial charge in [-0.05, 0) is 44.2 Å². The van der Waals surface area contributed by atoms with Gasteiger partial charge in [0.15, 0.2) is 11.9 Å². The summed E-state index contributed by atoms with van der Waals surface area (Å²) in [4.78, 5) is 36.9. The van der Waals surface area contributed by atoms with Crippen LogP contribution in [0.2, 0.25) is 0 Å². The molecule has 0 N–H and O–H groups in total. The highest BCUT2D eigenvalue weighted by molar-refractivity contribution is 7.13. The van der Waals surface area contributed by atoms with E-state index in [-0.39, 0.29) is 11.7 Å². The van der Waals surface area contributed by atoms with Gasteiger partial charge in [-0.1, -0.05) is 36.4 Å². The van der Waals surface area contributed by atoms with Gasteiger partial charge in [0.2, 0.25) is 0 Å². The Kier molecular flexibility index (Phi) is 5.48. The zero-order valence-electron chi connectivity index (χ0n) is 18.1. The summed E-state index contributed by atoms with van der Waals surface area (Å²) < 4.78 is 5.85. The second-order valence-electron chi connectivity index (χ2n) is 7.81. The highest BCUT2D eigenvalue weighted by Crippen LogP contribution is 2.39.